The molecule has 0 spiro atoms. The Morgan fingerprint density at radius 1 is 1.12 bits per heavy atom. The summed E-state index contributed by atoms with van der Waals surface area (Å²) in [5.41, 5.74) is 0.465. The average Bonchev–Trinajstić information content (AvgIpc) is 3.28. The molecule has 2 unspecified atom stereocenters. The van der Waals surface area contributed by atoms with Crippen LogP contribution in [0.1, 0.15) is 54.2 Å². The molecule has 1 aromatic heterocycles. The van der Waals surface area contributed by atoms with Gasteiger partial charge in [0.25, 0.3) is 5.91 Å². The van der Waals surface area contributed by atoms with Crippen molar-refractivity contribution in [2.45, 2.75) is 45.3 Å². The summed E-state index contributed by atoms with van der Waals surface area (Å²) in [7, 11) is 0. The molecule has 1 saturated heterocycles. The molecule has 2 aliphatic heterocycles. The highest BCUT2D eigenvalue weighted by atomic mass is 19.1. The van der Waals surface area contributed by atoms with E-state index >= 15 is 0 Å². The number of piperazine rings is 1. The molecule has 2 aromatic rings. The lowest BCUT2D eigenvalue weighted by molar-refractivity contribution is -0.145. The number of aromatic nitrogens is 3. The van der Waals surface area contributed by atoms with Crippen LogP contribution in [0.25, 0.3) is 0 Å². The standard InChI is InChI=1S/C24H29FN6O2/c1-24(9-3-2-4-10-24)23(33)30-12-11-29-13-14-31-20(19(29)16-30)27-28-21(31)22(32)26-15-17-5-7-18(25)8-6-17/h2-3,5-8,19H,4,9-16H2,1H3,(H,26,32). The summed E-state index contributed by atoms with van der Waals surface area (Å²) in [6.07, 6.45) is 6.87. The Labute approximate surface area is 192 Å². The van der Waals surface area contributed by atoms with Gasteiger partial charge >= 0.3 is 0 Å². The van der Waals surface area contributed by atoms with E-state index in [1.807, 2.05) is 9.47 Å². The molecule has 0 radical (unpaired) electrons. The van der Waals surface area contributed by atoms with E-state index in [0.29, 0.717) is 19.6 Å². The number of amides is 2. The zero-order chi connectivity index (χ0) is 23.0. The van der Waals surface area contributed by atoms with Crippen molar-refractivity contribution >= 4 is 11.8 Å². The van der Waals surface area contributed by atoms with Crippen LogP contribution in [0, 0.1) is 11.2 Å². The van der Waals surface area contributed by atoms with Gasteiger partial charge in [-0.05, 0) is 37.0 Å². The second-order valence-corrected chi connectivity index (χ2v) is 9.42. The van der Waals surface area contributed by atoms with E-state index in [-0.39, 0.29) is 41.5 Å². The lowest BCUT2D eigenvalue weighted by Gasteiger charge is -2.45. The van der Waals surface area contributed by atoms with Gasteiger partial charge < -0.3 is 14.8 Å². The van der Waals surface area contributed by atoms with E-state index in [9.17, 15) is 14.0 Å². The lowest BCUT2D eigenvalue weighted by Crippen LogP contribution is -2.56. The number of rotatable bonds is 4. The van der Waals surface area contributed by atoms with E-state index in [2.05, 4.69) is 39.5 Å². The van der Waals surface area contributed by atoms with Gasteiger partial charge in [-0.15, -0.1) is 10.2 Å². The molecule has 5 rings (SSSR count). The number of hydrogen-bond donors (Lipinski definition) is 1. The molecule has 3 aliphatic rings. The molecule has 174 valence electrons. The molecule has 9 heteroatoms. The van der Waals surface area contributed by atoms with Gasteiger partial charge in [0.05, 0.1) is 11.5 Å². The molecule has 0 bridgehead atoms. The fraction of sp³-hybridized carbons (Fsp3) is 0.500. The van der Waals surface area contributed by atoms with Crippen LogP contribution >= 0.6 is 0 Å². The molecule has 0 saturated carbocycles. The minimum absolute atomic E-state index is 0.0645. The van der Waals surface area contributed by atoms with Crippen LogP contribution in [0.5, 0.6) is 0 Å². The summed E-state index contributed by atoms with van der Waals surface area (Å²) < 4.78 is 15.0. The van der Waals surface area contributed by atoms with E-state index < -0.39 is 0 Å². The highest BCUT2D eigenvalue weighted by Crippen LogP contribution is 2.36. The Bertz CT molecular complexity index is 1080. The highest BCUT2D eigenvalue weighted by Gasteiger charge is 2.42. The first-order chi connectivity index (χ1) is 15.9. The topological polar surface area (TPSA) is 83.4 Å². The molecule has 2 atom stereocenters. The van der Waals surface area contributed by atoms with Gasteiger partial charge in [-0.2, -0.15) is 0 Å². The first-order valence-electron chi connectivity index (χ1n) is 11.6. The highest BCUT2D eigenvalue weighted by molar-refractivity contribution is 5.90. The SMILES string of the molecule is CC1(C(=O)N2CCN3CCn4c(C(=O)NCc5ccc(F)cc5)nnc4C3C2)CC=CCC1. The minimum atomic E-state index is -0.343. The van der Waals surface area contributed by atoms with E-state index in [1.54, 1.807) is 12.1 Å². The molecule has 2 amide bonds. The van der Waals surface area contributed by atoms with Gasteiger partial charge in [0, 0.05) is 39.3 Å². The van der Waals surface area contributed by atoms with Crippen molar-refractivity contribution in [3.8, 4) is 0 Å². The minimum Gasteiger partial charge on any atom is -0.345 e. The van der Waals surface area contributed by atoms with Crippen molar-refractivity contribution in [2.24, 2.45) is 5.41 Å². The number of carbonyl (C=O) groups excluding carboxylic acids is 2. The van der Waals surface area contributed by atoms with Crippen LogP contribution in [0.15, 0.2) is 36.4 Å². The van der Waals surface area contributed by atoms with Crippen molar-refractivity contribution in [3.05, 3.63) is 59.4 Å². The zero-order valence-electron chi connectivity index (χ0n) is 18.8. The van der Waals surface area contributed by atoms with Gasteiger partial charge in [0.15, 0.2) is 5.82 Å². The van der Waals surface area contributed by atoms with Crippen LogP contribution in [0.3, 0.4) is 0 Å². The Morgan fingerprint density at radius 3 is 2.67 bits per heavy atom. The second kappa shape index (κ2) is 8.70. The van der Waals surface area contributed by atoms with Gasteiger partial charge in [0.2, 0.25) is 11.7 Å². The summed E-state index contributed by atoms with van der Waals surface area (Å²) >= 11 is 0. The molecule has 1 aliphatic carbocycles. The molecule has 8 nitrogen and oxygen atoms in total. The lowest BCUT2D eigenvalue weighted by atomic mass is 9.77. The van der Waals surface area contributed by atoms with Crippen molar-refractivity contribution < 1.29 is 14.0 Å². The monoisotopic (exact) mass is 452 g/mol. The van der Waals surface area contributed by atoms with Crippen LogP contribution in [0.4, 0.5) is 4.39 Å². The summed E-state index contributed by atoms with van der Waals surface area (Å²) in [5, 5.41) is 11.4. The Balaban J connectivity index is 1.29. The van der Waals surface area contributed by atoms with Crippen LogP contribution in [-0.4, -0.2) is 62.6 Å². The third kappa shape index (κ3) is 4.17. The first-order valence-corrected chi connectivity index (χ1v) is 11.6. The van der Waals surface area contributed by atoms with E-state index in [0.717, 1.165) is 43.7 Å². The summed E-state index contributed by atoms with van der Waals surface area (Å²) in [6, 6.07) is 5.96. The van der Waals surface area contributed by atoms with Crippen LogP contribution in [-0.2, 0) is 17.9 Å². The quantitative estimate of drug-likeness (QED) is 0.720. The van der Waals surface area contributed by atoms with Crippen molar-refractivity contribution in [1.82, 2.24) is 29.9 Å². The third-order valence-electron chi connectivity index (χ3n) is 7.15. The maximum atomic E-state index is 13.4. The van der Waals surface area contributed by atoms with E-state index in [1.165, 1.54) is 12.1 Å². The molecule has 1 aromatic carbocycles. The number of carbonyl (C=O) groups is 2. The number of hydrogen-bond acceptors (Lipinski definition) is 5. The smallest absolute Gasteiger partial charge is 0.289 e. The number of nitrogens with one attached hydrogen (secondary N) is 1. The Kier molecular flexibility index (Phi) is 5.74. The fourth-order valence-electron chi connectivity index (χ4n) is 5.10. The average molecular weight is 453 g/mol. The molecule has 1 N–H and O–H groups in total. The summed E-state index contributed by atoms with van der Waals surface area (Å²) in [4.78, 5) is 30.5. The van der Waals surface area contributed by atoms with Gasteiger partial charge in [-0.1, -0.05) is 31.2 Å². The fourth-order valence-corrected chi connectivity index (χ4v) is 5.10. The predicted molar refractivity (Wildman–Crippen MR) is 120 cm³/mol. The van der Waals surface area contributed by atoms with Crippen molar-refractivity contribution in [2.75, 3.05) is 26.2 Å². The largest absolute Gasteiger partial charge is 0.345 e. The van der Waals surface area contributed by atoms with Crippen molar-refractivity contribution in [1.29, 1.82) is 0 Å². The first kappa shape index (κ1) is 21.8. The van der Waals surface area contributed by atoms with Crippen LogP contribution in [0.2, 0.25) is 0 Å². The number of allylic oxidation sites excluding steroid dienone is 2. The number of benzene rings is 1. The summed E-state index contributed by atoms with van der Waals surface area (Å²) in [5.74, 6) is 0.603. The van der Waals surface area contributed by atoms with Crippen LogP contribution < -0.4 is 5.32 Å². The molecule has 1 fully saturated rings. The van der Waals surface area contributed by atoms with Gasteiger partial charge in [-0.25, -0.2) is 4.39 Å². The number of halogens is 1. The normalized spacial score (nSPS) is 24.8. The van der Waals surface area contributed by atoms with Crippen molar-refractivity contribution in [3.63, 3.8) is 0 Å². The number of nitrogens with zero attached hydrogens (tertiary/aromatic N) is 5. The molecular weight excluding hydrogens is 423 g/mol. The Hall–Kier alpha value is -3.07. The third-order valence-corrected chi connectivity index (χ3v) is 7.15. The molecule has 33 heavy (non-hydrogen) atoms. The Morgan fingerprint density at radius 2 is 1.91 bits per heavy atom. The maximum Gasteiger partial charge on any atom is 0.289 e. The van der Waals surface area contributed by atoms with Gasteiger partial charge in [0.1, 0.15) is 5.82 Å². The summed E-state index contributed by atoms with van der Waals surface area (Å²) in [6.45, 7) is 5.84. The number of fused-ring (bicyclic) bond motifs is 3. The predicted octanol–water partition coefficient (Wildman–Crippen LogP) is 2.29. The maximum absolute atomic E-state index is 13.4. The molecule has 3 heterocycles. The van der Waals surface area contributed by atoms with E-state index in [4.69, 9.17) is 0 Å². The molecular formula is C24H29FN6O2. The zero-order valence-corrected chi connectivity index (χ0v) is 18.8. The van der Waals surface area contributed by atoms with Gasteiger partial charge in [-0.3, -0.25) is 14.5 Å². The second-order valence-electron chi connectivity index (χ2n) is 9.42.